The summed E-state index contributed by atoms with van der Waals surface area (Å²) in [5.74, 6) is 0. The van der Waals surface area contributed by atoms with Crippen molar-refractivity contribution in [1.82, 2.24) is 0 Å². The minimum Gasteiger partial charge on any atom is -0.0885 e. The highest BCUT2D eigenvalue weighted by Gasteiger charge is 1.91. The van der Waals surface area contributed by atoms with Crippen LogP contribution in [0.1, 0.15) is 89.9 Å². The van der Waals surface area contributed by atoms with E-state index >= 15 is 0 Å². The number of unbranched alkanes of at least 4 members (excludes halogenated alkanes) is 12. The van der Waals surface area contributed by atoms with Gasteiger partial charge in [-0.3, -0.25) is 0 Å². The van der Waals surface area contributed by atoms with Crippen LogP contribution in [-0.2, 0) is 0 Å². The summed E-state index contributed by atoms with van der Waals surface area (Å²) >= 11 is 0. The minimum absolute atomic E-state index is 1.07. The van der Waals surface area contributed by atoms with Gasteiger partial charge in [-0.25, -0.2) is 0 Å². The Morgan fingerprint density at radius 1 is 0.444 bits per heavy atom. The van der Waals surface area contributed by atoms with Gasteiger partial charge in [0.05, 0.1) is 0 Å². The Bertz CT molecular complexity index is 157. The van der Waals surface area contributed by atoms with Crippen LogP contribution in [0.3, 0.4) is 0 Å². The lowest BCUT2D eigenvalue weighted by atomic mass is 10.1. The molecule has 0 saturated carbocycles. The van der Waals surface area contributed by atoms with Crippen molar-refractivity contribution < 1.29 is 0 Å². The van der Waals surface area contributed by atoms with Crippen molar-refractivity contribution in [3.63, 3.8) is 0 Å². The maximum atomic E-state index is 3.88. The third-order valence-corrected chi connectivity index (χ3v) is 3.41. The molecule has 18 heavy (non-hydrogen) atoms. The van der Waals surface area contributed by atoms with Crippen LogP contribution in [0, 0.1) is 13.8 Å². The van der Waals surface area contributed by atoms with Gasteiger partial charge in [-0.15, -0.1) is 0 Å². The highest BCUT2D eigenvalue weighted by Crippen LogP contribution is 2.11. The van der Waals surface area contributed by atoms with E-state index in [-0.39, 0.29) is 0 Å². The molecule has 0 aromatic carbocycles. The highest BCUT2D eigenvalue weighted by molar-refractivity contribution is 4.81. The maximum Gasteiger partial charge on any atom is -0.0351 e. The summed E-state index contributed by atoms with van der Waals surface area (Å²) in [7, 11) is 0. The molecule has 0 aliphatic heterocycles. The van der Waals surface area contributed by atoms with Gasteiger partial charge in [-0.05, 0) is 25.7 Å². The first-order chi connectivity index (χ1) is 8.91. The Morgan fingerprint density at radius 2 is 0.833 bits per heavy atom. The molecule has 0 unspecified atom stereocenters. The molecule has 0 saturated heterocycles. The van der Waals surface area contributed by atoms with Crippen LogP contribution in [-0.4, -0.2) is 0 Å². The van der Waals surface area contributed by atoms with Gasteiger partial charge in [0.15, 0.2) is 0 Å². The predicted molar refractivity (Wildman–Crippen MR) is 84.5 cm³/mol. The highest BCUT2D eigenvalue weighted by atomic mass is 14.0. The second kappa shape index (κ2) is 16.7. The Hall–Kier alpha value is -0.260. The zero-order valence-electron chi connectivity index (χ0n) is 12.5. The summed E-state index contributed by atoms with van der Waals surface area (Å²) in [5, 5.41) is 0. The first-order valence-electron chi connectivity index (χ1n) is 8.15. The number of allylic oxidation sites excluding steroid dienone is 2. The topological polar surface area (TPSA) is 0 Å². The molecule has 0 fully saturated rings. The van der Waals surface area contributed by atoms with Gasteiger partial charge in [0.1, 0.15) is 0 Å². The molecule has 0 aliphatic rings. The van der Waals surface area contributed by atoms with E-state index in [2.05, 4.69) is 26.0 Å². The van der Waals surface area contributed by atoms with Gasteiger partial charge in [0.25, 0.3) is 0 Å². The molecule has 2 radical (unpaired) electrons. The summed E-state index contributed by atoms with van der Waals surface area (Å²) in [6.07, 6.45) is 23.3. The van der Waals surface area contributed by atoms with E-state index in [1.807, 2.05) is 0 Å². The van der Waals surface area contributed by atoms with Crippen LogP contribution in [0.2, 0.25) is 0 Å². The van der Waals surface area contributed by atoms with E-state index in [1.54, 1.807) is 0 Å². The quantitative estimate of drug-likeness (QED) is 0.238. The fourth-order valence-corrected chi connectivity index (χ4v) is 2.17. The fourth-order valence-electron chi connectivity index (χ4n) is 2.17. The first kappa shape index (κ1) is 17.7. The van der Waals surface area contributed by atoms with Crippen LogP contribution in [0.25, 0.3) is 0 Å². The molecule has 0 N–H and O–H groups in total. The van der Waals surface area contributed by atoms with E-state index in [0.717, 1.165) is 12.8 Å². The molecular weight excluding hydrogens is 216 g/mol. The summed E-state index contributed by atoms with van der Waals surface area (Å²) in [6, 6.07) is 0. The smallest absolute Gasteiger partial charge is 0.0351 e. The largest absolute Gasteiger partial charge is 0.0885 e. The molecule has 0 aromatic rings. The van der Waals surface area contributed by atoms with E-state index < -0.39 is 0 Å². The van der Waals surface area contributed by atoms with Gasteiger partial charge in [-0.1, -0.05) is 90.2 Å². The minimum atomic E-state index is 1.07. The predicted octanol–water partition coefficient (Wildman–Crippen LogP) is 6.67. The van der Waals surface area contributed by atoms with E-state index in [1.165, 1.54) is 77.0 Å². The Morgan fingerprint density at radius 3 is 1.33 bits per heavy atom. The third kappa shape index (κ3) is 15.7. The van der Waals surface area contributed by atoms with Crippen LogP contribution in [0.5, 0.6) is 0 Å². The number of hydrogen-bond acceptors (Lipinski definition) is 0. The summed E-state index contributed by atoms with van der Waals surface area (Å²) in [6.45, 7) is 7.72. The van der Waals surface area contributed by atoms with E-state index in [0.29, 0.717) is 0 Å². The van der Waals surface area contributed by atoms with Crippen molar-refractivity contribution in [1.29, 1.82) is 0 Å². The second-order valence-electron chi connectivity index (χ2n) is 5.29. The molecule has 106 valence electrons. The van der Waals surface area contributed by atoms with Crippen LogP contribution in [0.15, 0.2) is 12.2 Å². The summed E-state index contributed by atoms with van der Waals surface area (Å²) in [5.41, 5.74) is 0. The second-order valence-corrected chi connectivity index (χ2v) is 5.29. The van der Waals surface area contributed by atoms with Crippen molar-refractivity contribution in [2.75, 3.05) is 0 Å². The van der Waals surface area contributed by atoms with E-state index in [9.17, 15) is 0 Å². The number of rotatable bonds is 14. The average Bonchev–Trinajstić information content (AvgIpc) is 2.39. The number of hydrogen-bond donors (Lipinski definition) is 0. The van der Waals surface area contributed by atoms with Crippen LogP contribution in [0.4, 0.5) is 0 Å². The molecule has 0 aliphatic carbocycles. The summed E-state index contributed by atoms with van der Waals surface area (Å²) < 4.78 is 0. The van der Waals surface area contributed by atoms with Crippen LogP contribution >= 0.6 is 0 Å². The monoisotopic (exact) mass is 250 g/mol. The zero-order valence-corrected chi connectivity index (χ0v) is 12.5. The van der Waals surface area contributed by atoms with Crippen molar-refractivity contribution in [2.45, 2.75) is 89.9 Å². The Kier molecular flexibility index (Phi) is 16.5. The Labute approximate surface area is 116 Å². The lowest BCUT2D eigenvalue weighted by Crippen LogP contribution is -1.81. The standard InChI is InChI=1S/C18H34/c1-3-5-7-9-11-13-15-17-18-16-14-12-10-8-6-4-2/h9,11H,1-8,10,12-18H2. The van der Waals surface area contributed by atoms with Crippen molar-refractivity contribution in [3.8, 4) is 0 Å². The molecule has 0 aromatic heterocycles. The van der Waals surface area contributed by atoms with Crippen LogP contribution < -0.4 is 0 Å². The van der Waals surface area contributed by atoms with Gasteiger partial charge in [0.2, 0.25) is 0 Å². The van der Waals surface area contributed by atoms with Crippen molar-refractivity contribution in [3.05, 3.63) is 26.0 Å². The third-order valence-electron chi connectivity index (χ3n) is 3.41. The fraction of sp³-hybridized carbons (Fsp3) is 0.778. The molecule has 0 heterocycles. The maximum absolute atomic E-state index is 3.88. The van der Waals surface area contributed by atoms with Gasteiger partial charge < -0.3 is 0 Å². The Balaban J connectivity index is 2.96. The molecule has 0 atom stereocenters. The van der Waals surface area contributed by atoms with Gasteiger partial charge in [-0.2, -0.15) is 0 Å². The lowest BCUT2D eigenvalue weighted by Gasteiger charge is -2.01. The molecule has 0 nitrogen and oxygen atoms in total. The molecule has 0 amide bonds. The average molecular weight is 250 g/mol. The van der Waals surface area contributed by atoms with Crippen molar-refractivity contribution >= 4 is 0 Å². The zero-order chi connectivity index (χ0) is 13.3. The van der Waals surface area contributed by atoms with Crippen molar-refractivity contribution in [2.24, 2.45) is 0 Å². The SMILES string of the molecule is [CH2]CCCC=CCCCCCCCCCCC[CH2]. The molecular formula is C18H34. The first-order valence-corrected chi connectivity index (χ1v) is 8.15. The lowest BCUT2D eigenvalue weighted by molar-refractivity contribution is 0.561. The molecule has 0 spiro atoms. The molecule has 0 heteroatoms. The van der Waals surface area contributed by atoms with Gasteiger partial charge in [0, 0.05) is 0 Å². The van der Waals surface area contributed by atoms with E-state index in [4.69, 9.17) is 0 Å². The normalized spacial score (nSPS) is 11.4. The summed E-state index contributed by atoms with van der Waals surface area (Å²) in [4.78, 5) is 0. The molecule has 0 rings (SSSR count). The molecule has 0 bridgehead atoms. The van der Waals surface area contributed by atoms with Gasteiger partial charge >= 0.3 is 0 Å².